The summed E-state index contributed by atoms with van der Waals surface area (Å²) >= 11 is 12.3. The number of hydrogen-bond acceptors (Lipinski definition) is 7. The van der Waals surface area contributed by atoms with Gasteiger partial charge in [0.15, 0.2) is 23.2 Å². The Bertz CT molecular complexity index is 1450. The number of carbonyl (C=O) groups excluding carboxylic acids is 1. The molecule has 1 aliphatic heterocycles. The molecule has 0 bridgehead atoms. The van der Waals surface area contributed by atoms with Gasteiger partial charge in [0.05, 0.1) is 7.11 Å². The number of benzene rings is 2. The second-order valence-electron chi connectivity index (χ2n) is 9.46. The second-order valence-corrected chi connectivity index (χ2v) is 10.3. The maximum absolute atomic E-state index is 14.4. The van der Waals surface area contributed by atoms with E-state index in [0.29, 0.717) is 60.4 Å². The third-order valence-electron chi connectivity index (χ3n) is 6.75. The fraction of sp³-hybridized carbons (Fsp3) is 0.286. The van der Waals surface area contributed by atoms with Crippen LogP contribution in [-0.4, -0.2) is 63.5 Å². The molecule has 2 aromatic heterocycles. The predicted octanol–water partition coefficient (Wildman–Crippen LogP) is 4.72. The summed E-state index contributed by atoms with van der Waals surface area (Å²) in [6.07, 6.45) is 3.56. The number of piperazine rings is 1. The highest BCUT2D eigenvalue weighted by Crippen LogP contribution is 2.26. The van der Waals surface area contributed by atoms with Gasteiger partial charge in [-0.1, -0.05) is 41.4 Å². The molecule has 5 rings (SSSR count). The lowest BCUT2D eigenvalue weighted by Crippen LogP contribution is -2.54. The fourth-order valence-corrected chi connectivity index (χ4v) is 5.00. The second kappa shape index (κ2) is 12.6. The van der Waals surface area contributed by atoms with Crippen LogP contribution in [0.2, 0.25) is 10.2 Å². The number of imidazole rings is 1. The Morgan fingerprint density at radius 1 is 1.12 bits per heavy atom. The van der Waals surface area contributed by atoms with Crippen LogP contribution in [0, 0.1) is 5.82 Å². The maximum atomic E-state index is 14.4. The normalized spacial score (nSPS) is 15.7. The van der Waals surface area contributed by atoms with Gasteiger partial charge in [-0.15, -0.1) is 0 Å². The van der Waals surface area contributed by atoms with E-state index in [9.17, 15) is 9.18 Å². The minimum absolute atomic E-state index is 0.0929. The monoisotopic (exact) mass is 583 g/mol. The highest BCUT2D eigenvalue weighted by Gasteiger charge is 2.30. The number of carbonyl (C=O) groups is 1. The van der Waals surface area contributed by atoms with Crippen LogP contribution < -0.4 is 15.0 Å². The quantitative estimate of drug-likeness (QED) is 0.275. The van der Waals surface area contributed by atoms with Crippen molar-refractivity contribution in [1.29, 1.82) is 0 Å². The molecular weight excluding hydrogens is 556 g/mol. The number of amides is 1. The SMILES string of the molecule is COc1ccc(CN2CCN(c3cc(Cl)nc(-c4ncc[nH]4)n3)CC2CC(=O)NCc2ccc(Cl)cc2)cc1F. The number of methoxy groups -OCH3 is 1. The van der Waals surface area contributed by atoms with Crippen LogP contribution >= 0.6 is 23.2 Å². The molecule has 0 aliphatic carbocycles. The van der Waals surface area contributed by atoms with Gasteiger partial charge in [0.2, 0.25) is 5.91 Å². The molecule has 1 saturated heterocycles. The Hall–Kier alpha value is -3.73. The minimum Gasteiger partial charge on any atom is -0.494 e. The van der Waals surface area contributed by atoms with Gasteiger partial charge in [-0.05, 0) is 35.4 Å². The van der Waals surface area contributed by atoms with Gasteiger partial charge in [-0.3, -0.25) is 9.69 Å². The van der Waals surface area contributed by atoms with E-state index in [4.69, 9.17) is 27.9 Å². The lowest BCUT2D eigenvalue weighted by Gasteiger charge is -2.42. The molecule has 0 saturated carbocycles. The van der Waals surface area contributed by atoms with Crippen molar-refractivity contribution in [3.63, 3.8) is 0 Å². The van der Waals surface area contributed by atoms with E-state index in [1.807, 2.05) is 18.2 Å². The number of ether oxygens (including phenoxy) is 1. The van der Waals surface area contributed by atoms with Crippen molar-refractivity contribution in [2.75, 3.05) is 31.6 Å². The Labute approximate surface area is 241 Å². The van der Waals surface area contributed by atoms with Gasteiger partial charge in [-0.25, -0.2) is 19.3 Å². The molecule has 3 heterocycles. The van der Waals surface area contributed by atoms with Crippen LogP contribution in [0.3, 0.4) is 0 Å². The summed E-state index contributed by atoms with van der Waals surface area (Å²) in [4.78, 5) is 33.6. The van der Waals surface area contributed by atoms with Gasteiger partial charge in [0.25, 0.3) is 0 Å². The van der Waals surface area contributed by atoms with Gasteiger partial charge in [0.1, 0.15) is 11.0 Å². The standard InChI is InChI=1S/C28H28Cl2FN7O2/c1-40-23-7-4-19(12-22(23)31)16-37-10-11-38(25-14-24(30)35-28(36-25)27-32-8-9-33-27)17-21(37)13-26(39)34-15-18-2-5-20(29)6-3-18/h2-9,12,14,21H,10-11,13,15-17H2,1H3,(H,32,33)(H,34,39). The molecule has 1 fully saturated rings. The molecule has 9 nitrogen and oxygen atoms in total. The molecule has 1 aliphatic rings. The third kappa shape index (κ3) is 6.88. The summed E-state index contributed by atoms with van der Waals surface area (Å²) in [7, 11) is 1.44. The number of halogens is 3. The topological polar surface area (TPSA) is 99.3 Å². The summed E-state index contributed by atoms with van der Waals surface area (Å²) in [6, 6.07) is 13.8. The zero-order valence-corrected chi connectivity index (χ0v) is 23.3. The molecule has 1 atom stereocenters. The lowest BCUT2D eigenvalue weighted by atomic mass is 10.1. The molecule has 2 aromatic carbocycles. The number of nitrogens with one attached hydrogen (secondary N) is 2. The third-order valence-corrected chi connectivity index (χ3v) is 7.19. The average Bonchev–Trinajstić information content (AvgIpc) is 3.49. The number of hydrogen-bond donors (Lipinski definition) is 2. The van der Waals surface area contributed by atoms with Crippen molar-refractivity contribution in [2.24, 2.45) is 0 Å². The molecule has 208 valence electrons. The van der Waals surface area contributed by atoms with Crippen molar-refractivity contribution in [3.8, 4) is 17.4 Å². The fourth-order valence-electron chi connectivity index (χ4n) is 4.70. The Balaban J connectivity index is 1.33. The summed E-state index contributed by atoms with van der Waals surface area (Å²) in [5.41, 5.74) is 1.75. The van der Waals surface area contributed by atoms with E-state index < -0.39 is 5.82 Å². The van der Waals surface area contributed by atoms with Crippen LogP contribution in [0.15, 0.2) is 60.9 Å². The van der Waals surface area contributed by atoms with E-state index in [1.165, 1.54) is 13.2 Å². The Morgan fingerprint density at radius 2 is 1.93 bits per heavy atom. The Kier molecular flexibility index (Phi) is 8.78. The van der Waals surface area contributed by atoms with Gasteiger partial charge in [0, 0.05) is 68.7 Å². The molecule has 1 unspecified atom stereocenters. The highest BCUT2D eigenvalue weighted by atomic mass is 35.5. The molecule has 40 heavy (non-hydrogen) atoms. The van der Waals surface area contributed by atoms with Crippen molar-refractivity contribution < 1.29 is 13.9 Å². The van der Waals surface area contributed by atoms with Crippen molar-refractivity contribution in [1.82, 2.24) is 30.2 Å². The number of H-pyrrole nitrogens is 1. The molecule has 0 spiro atoms. The smallest absolute Gasteiger partial charge is 0.221 e. The molecule has 0 radical (unpaired) electrons. The number of rotatable bonds is 9. The highest BCUT2D eigenvalue weighted by molar-refractivity contribution is 6.30. The van der Waals surface area contributed by atoms with Crippen LogP contribution in [-0.2, 0) is 17.9 Å². The van der Waals surface area contributed by atoms with Crippen LogP contribution in [0.25, 0.3) is 11.6 Å². The zero-order valence-electron chi connectivity index (χ0n) is 21.8. The van der Waals surface area contributed by atoms with Crippen molar-refractivity contribution in [2.45, 2.75) is 25.6 Å². The lowest BCUT2D eigenvalue weighted by molar-refractivity contribution is -0.122. The summed E-state index contributed by atoms with van der Waals surface area (Å²) in [5, 5.41) is 3.94. The zero-order chi connectivity index (χ0) is 28.1. The summed E-state index contributed by atoms with van der Waals surface area (Å²) in [5.74, 6) is 1.23. The summed E-state index contributed by atoms with van der Waals surface area (Å²) < 4.78 is 19.5. The molecule has 2 N–H and O–H groups in total. The molecule has 12 heteroatoms. The van der Waals surface area contributed by atoms with Crippen LogP contribution in [0.4, 0.5) is 10.2 Å². The first-order chi connectivity index (χ1) is 19.4. The predicted molar refractivity (Wildman–Crippen MR) is 152 cm³/mol. The average molecular weight is 584 g/mol. The van der Waals surface area contributed by atoms with E-state index >= 15 is 0 Å². The molecule has 1 amide bonds. The largest absolute Gasteiger partial charge is 0.494 e. The van der Waals surface area contributed by atoms with Gasteiger partial charge >= 0.3 is 0 Å². The number of aromatic amines is 1. The molecule has 4 aromatic rings. The van der Waals surface area contributed by atoms with Gasteiger partial charge < -0.3 is 19.9 Å². The van der Waals surface area contributed by atoms with Gasteiger partial charge in [-0.2, -0.15) is 0 Å². The Morgan fingerprint density at radius 3 is 2.65 bits per heavy atom. The summed E-state index contributed by atoms with van der Waals surface area (Å²) in [6.45, 7) is 2.64. The maximum Gasteiger partial charge on any atom is 0.221 e. The first kappa shape index (κ1) is 27.8. The number of nitrogens with zero attached hydrogens (tertiary/aromatic N) is 5. The van der Waals surface area contributed by atoms with E-state index in [-0.39, 0.29) is 24.1 Å². The number of anilines is 1. The first-order valence-electron chi connectivity index (χ1n) is 12.7. The van der Waals surface area contributed by atoms with Crippen molar-refractivity contribution in [3.05, 3.63) is 88.0 Å². The van der Waals surface area contributed by atoms with E-state index in [2.05, 4.69) is 35.1 Å². The van der Waals surface area contributed by atoms with Crippen molar-refractivity contribution >= 4 is 34.9 Å². The van der Waals surface area contributed by atoms with Crippen LogP contribution in [0.5, 0.6) is 5.75 Å². The minimum atomic E-state index is -0.419. The van der Waals surface area contributed by atoms with Crippen LogP contribution in [0.1, 0.15) is 17.5 Å². The number of aromatic nitrogens is 4. The van der Waals surface area contributed by atoms with E-state index in [0.717, 1.165) is 11.1 Å². The van der Waals surface area contributed by atoms with E-state index in [1.54, 1.807) is 36.7 Å². The molecular formula is C28H28Cl2FN7O2. The first-order valence-corrected chi connectivity index (χ1v) is 13.5.